The molecule has 0 radical (unpaired) electrons. The first kappa shape index (κ1) is 37.5. The van der Waals surface area contributed by atoms with Crippen molar-refractivity contribution in [1.29, 1.82) is 0 Å². The first-order valence-electron chi connectivity index (χ1n) is 18.0. The molecule has 51 heavy (non-hydrogen) atoms. The Bertz CT molecular complexity index is 1610. The van der Waals surface area contributed by atoms with Gasteiger partial charge >= 0.3 is 0 Å². The molecule has 5 rings (SSSR count). The van der Waals surface area contributed by atoms with Crippen LogP contribution in [0.5, 0.6) is 0 Å². The van der Waals surface area contributed by atoms with Gasteiger partial charge in [0, 0.05) is 42.9 Å². The van der Waals surface area contributed by atoms with Gasteiger partial charge in [0.15, 0.2) is 0 Å². The zero-order chi connectivity index (χ0) is 36.2. The second-order valence-corrected chi connectivity index (χ2v) is 13.1. The number of nitrogens with zero attached hydrogens (tertiary/aromatic N) is 5. The number of hydrogen-bond donors (Lipinski definition) is 1. The van der Waals surface area contributed by atoms with E-state index >= 15 is 0 Å². The average molecular weight is 695 g/mol. The molecule has 11 heteroatoms. The van der Waals surface area contributed by atoms with Crippen LogP contribution in [0.2, 0.25) is 0 Å². The fourth-order valence-electron chi connectivity index (χ4n) is 7.78. The first-order chi connectivity index (χ1) is 24.9. The molecule has 3 aromatic rings. The van der Waals surface area contributed by atoms with E-state index in [2.05, 4.69) is 65.6 Å². The number of amides is 2. The van der Waals surface area contributed by atoms with Crippen molar-refractivity contribution >= 4 is 24.2 Å². The van der Waals surface area contributed by atoms with Gasteiger partial charge in [-0.3, -0.25) is 24.7 Å². The smallest absolute Gasteiger partial charge is 0.269 e. The average Bonchev–Trinajstić information content (AvgIpc) is 3.18. The van der Waals surface area contributed by atoms with Crippen LogP contribution in [0.3, 0.4) is 0 Å². The molecule has 2 heterocycles. The van der Waals surface area contributed by atoms with E-state index in [9.17, 15) is 19.7 Å². The largest absolute Gasteiger partial charge is 0.374 e. The number of piperidine rings is 1. The highest BCUT2D eigenvalue weighted by Gasteiger charge is 2.41. The third-order valence-electron chi connectivity index (χ3n) is 10.4. The fraction of sp³-hybridized carbons (Fsp3) is 0.425. The molecule has 0 saturated carbocycles. The number of nitro benzene ring substituents is 1. The van der Waals surface area contributed by atoms with Gasteiger partial charge < -0.3 is 25.2 Å². The Balaban J connectivity index is 1.41. The number of hydrogen-bond acceptors (Lipinski definition) is 8. The molecule has 2 unspecified atom stereocenters. The predicted molar refractivity (Wildman–Crippen MR) is 199 cm³/mol. The summed E-state index contributed by atoms with van der Waals surface area (Å²) in [5.41, 5.74) is 11.1. The lowest BCUT2D eigenvalue weighted by Crippen LogP contribution is -2.49. The standard InChI is InChI=1S/C40H50N6O5/c1-3-35-38(44(4-2)29-47)37(31-16-18-34(19-17-31)46(49)50)39(36(42-35)28-51-27-22-41)45(30-48)24-11-23-43-25-20-40(21-26-43,32-12-7-5-8-13-32)33-14-9-6-10-15-33/h5-10,12-19,29-30,37-38H,3-4,11,20-28,41H2,1-2H3. The highest BCUT2D eigenvalue weighted by Crippen LogP contribution is 2.42. The number of nitrogens with two attached hydrogens (primary N) is 1. The first-order valence-corrected chi connectivity index (χ1v) is 18.0. The van der Waals surface area contributed by atoms with E-state index in [4.69, 9.17) is 15.5 Å². The van der Waals surface area contributed by atoms with Crippen molar-refractivity contribution in [1.82, 2.24) is 14.7 Å². The molecular weight excluding hydrogens is 644 g/mol. The number of nitro groups is 1. The number of likely N-dealkylation sites (tertiary alicyclic amines) is 1. The molecule has 0 aliphatic carbocycles. The van der Waals surface area contributed by atoms with Crippen LogP contribution in [0.4, 0.5) is 5.69 Å². The van der Waals surface area contributed by atoms with E-state index < -0.39 is 16.9 Å². The lowest BCUT2D eigenvalue weighted by atomic mass is 9.68. The van der Waals surface area contributed by atoms with Crippen LogP contribution >= 0.6 is 0 Å². The highest BCUT2D eigenvalue weighted by atomic mass is 16.6. The second-order valence-electron chi connectivity index (χ2n) is 13.1. The van der Waals surface area contributed by atoms with Gasteiger partial charge in [-0.05, 0) is 68.9 Å². The lowest BCUT2D eigenvalue weighted by Gasteiger charge is -2.43. The Morgan fingerprint density at radius 1 is 0.961 bits per heavy atom. The van der Waals surface area contributed by atoms with Crippen molar-refractivity contribution in [2.75, 3.05) is 52.5 Å². The quantitative estimate of drug-likeness (QED) is 0.0804. The third kappa shape index (κ3) is 8.44. The summed E-state index contributed by atoms with van der Waals surface area (Å²) >= 11 is 0. The Morgan fingerprint density at radius 3 is 2.10 bits per heavy atom. The van der Waals surface area contributed by atoms with Crippen LogP contribution in [0.25, 0.3) is 0 Å². The molecule has 2 amide bonds. The molecule has 1 fully saturated rings. The summed E-state index contributed by atoms with van der Waals surface area (Å²) in [7, 11) is 0. The van der Waals surface area contributed by atoms with Gasteiger partial charge in [0.05, 0.1) is 41.5 Å². The molecule has 1 saturated heterocycles. The SMILES string of the molecule is CCC1=NC(COCCN)=C(N(C=O)CCCN2CCC(c3ccccc3)(c3ccccc3)CC2)C(c2ccc([N+](=O)[O-])cc2)C1N(C=O)CC. The van der Waals surface area contributed by atoms with Crippen LogP contribution in [0.15, 0.2) is 101 Å². The van der Waals surface area contributed by atoms with Crippen molar-refractivity contribution in [2.24, 2.45) is 10.7 Å². The zero-order valence-electron chi connectivity index (χ0n) is 29.7. The van der Waals surface area contributed by atoms with E-state index in [1.54, 1.807) is 21.9 Å². The summed E-state index contributed by atoms with van der Waals surface area (Å²) in [4.78, 5) is 47.5. The number of benzene rings is 3. The van der Waals surface area contributed by atoms with Crippen LogP contribution in [0.1, 0.15) is 62.1 Å². The van der Waals surface area contributed by atoms with Gasteiger partial charge in [-0.25, -0.2) is 0 Å². The number of ether oxygens (including phenoxy) is 1. The third-order valence-corrected chi connectivity index (χ3v) is 10.4. The number of non-ortho nitro benzene ring substituents is 1. The van der Waals surface area contributed by atoms with Crippen molar-refractivity contribution in [3.63, 3.8) is 0 Å². The van der Waals surface area contributed by atoms with Gasteiger partial charge in [-0.1, -0.05) is 79.7 Å². The van der Waals surface area contributed by atoms with E-state index in [0.717, 1.165) is 63.0 Å². The Labute approximate surface area is 300 Å². The number of aliphatic imine (C=N–C) groups is 1. The molecule has 2 aliphatic heterocycles. The summed E-state index contributed by atoms with van der Waals surface area (Å²) in [6.45, 7) is 8.18. The van der Waals surface area contributed by atoms with Gasteiger partial charge in [0.25, 0.3) is 5.69 Å². The van der Waals surface area contributed by atoms with Crippen molar-refractivity contribution in [3.05, 3.63) is 123 Å². The molecule has 0 aromatic heterocycles. The van der Waals surface area contributed by atoms with Gasteiger partial charge in [0.2, 0.25) is 12.8 Å². The van der Waals surface area contributed by atoms with Crippen LogP contribution < -0.4 is 5.73 Å². The highest BCUT2D eigenvalue weighted by molar-refractivity contribution is 5.94. The minimum absolute atomic E-state index is 0.0346. The van der Waals surface area contributed by atoms with Gasteiger partial charge in [-0.2, -0.15) is 0 Å². The van der Waals surface area contributed by atoms with Gasteiger partial charge in [0.1, 0.15) is 0 Å². The molecule has 0 spiro atoms. The summed E-state index contributed by atoms with van der Waals surface area (Å²) < 4.78 is 5.90. The van der Waals surface area contributed by atoms with Gasteiger partial charge in [-0.15, -0.1) is 0 Å². The second kappa shape index (κ2) is 18.0. The summed E-state index contributed by atoms with van der Waals surface area (Å²) in [6.07, 6.45) is 4.91. The molecule has 2 N–H and O–H groups in total. The van der Waals surface area contributed by atoms with Crippen LogP contribution in [0, 0.1) is 10.1 Å². The van der Waals surface area contributed by atoms with Crippen LogP contribution in [-0.4, -0.2) is 96.7 Å². The number of rotatable bonds is 18. The van der Waals surface area contributed by atoms with E-state index in [-0.39, 0.29) is 17.7 Å². The van der Waals surface area contributed by atoms with E-state index in [0.29, 0.717) is 44.1 Å². The molecule has 270 valence electrons. The normalized spacial score (nSPS) is 18.9. The Hall–Kier alpha value is -4.71. The van der Waals surface area contributed by atoms with Crippen molar-refractivity contribution < 1.29 is 19.2 Å². The maximum atomic E-state index is 13.0. The minimum Gasteiger partial charge on any atom is -0.374 e. The molecule has 11 nitrogen and oxygen atoms in total. The summed E-state index contributed by atoms with van der Waals surface area (Å²) in [6, 6.07) is 27.4. The maximum absolute atomic E-state index is 13.0. The minimum atomic E-state index is -0.502. The molecule has 2 atom stereocenters. The Morgan fingerprint density at radius 2 is 1.59 bits per heavy atom. The summed E-state index contributed by atoms with van der Waals surface area (Å²) in [5, 5.41) is 11.5. The summed E-state index contributed by atoms with van der Waals surface area (Å²) in [5.74, 6) is -0.502. The number of likely N-dealkylation sites (N-methyl/N-ethyl adjacent to an activating group) is 1. The lowest BCUT2D eigenvalue weighted by molar-refractivity contribution is -0.384. The molecule has 2 aliphatic rings. The van der Waals surface area contributed by atoms with E-state index in [1.165, 1.54) is 23.3 Å². The van der Waals surface area contributed by atoms with Crippen molar-refractivity contribution in [2.45, 2.75) is 56.9 Å². The Kier molecular flexibility index (Phi) is 13.2. The topological polar surface area (TPSA) is 135 Å². The van der Waals surface area contributed by atoms with E-state index in [1.807, 2.05) is 13.8 Å². The number of carbonyl (C=O) groups is 2. The monoisotopic (exact) mass is 694 g/mol. The molecular formula is C40H50N6O5. The van der Waals surface area contributed by atoms with Crippen LogP contribution in [-0.2, 0) is 19.7 Å². The number of carbonyl (C=O) groups excluding carboxylic acids is 2. The van der Waals surface area contributed by atoms with Crippen molar-refractivity contribution in [3.8, 4) is 0 Å². The predicted octanol–water partition coefficient (Wildman–Crippen LogP) is 5.51. The maximum Gasteiger partial charge on any atom is 0.269 e. The molecule has 0 bridgehead atoms. The zero-order valence-corrected chi connectivity index (χ0v) is 29.7. The molecule has 3 aromatic carbocycles. The fourth-order valence-corrected chi connectivity index (χ4v) is 7.78.